The molecule has 0 heterocycles. The van der Waals surface area contributed by atoms with E-state index < -0.39 is 0 Å². The van der Waals surface area contributed by atoms with Gasteiger partial charge in [0.25, 0.3) is 0 Å². The standard InChI is InChI=1S/C8H18N2O/c1-6(2)3-7(5-9)4-8(10)11/h6-7H,3-5,9H2,1-2H3,(H2,10,11)/t7-/m0/s1. The summed E-state index contributed by atoms with van der Waals surface area (Å²) in [5, 5.41) is 0. The van der Waals surface area contributed by atoms with Crippen molar-refractivity contribution in [3.05, 3.63) is 0 Å². The second-order valence-electron chi connectivity index (χ2n) is 3.40. The number of hydrogen-bond acceptors (Lipinski definition) is 2. The van der Waals surface area contributed by atoms with E-state index in [1.165, 1.54) is 0 Å². The van der Waals surface area contributed by atoms with Gasteiger partial charge >= 0.3 is 0 Å². The molecule has 0 spiro atoms. The van der Waals surface area contributed by atoms with Crippen molar-refractivity contribution < 1.29 is 4.79 Å². The van der Waals surface area contributed by atoms with Gasteiger partial charge in [-0.1, -0.05) is 13.8 Å². The highest BCUT2D eigenvalue weighted by atomic mass is 16.1. The molecule has 0 saturated heterocycles. The lowest BCUT2D eigenvalue weighted by molar-refractivity contribution is -0.118. The lowest BCUT2D eigenvalue weighted by atomic mass is 9.94. The molecule has 0 fully saturated rings. The first-order valence-electron chi connectivity index (χ1n) is 4.04. The summed E-state index contributed by atoms with van der Waals surface area (Å²) in [6, 6.07) is 0. The Kier molecular flexibility index (Phi) is 4.86. The SMILES string of the molecule is CC(C)C[C@H](CN)CC(N)=O. The van der Waals surface area contributed by atoms with Crippen LogP contribution < -0.4 is 11.5 Å². The van der Waals surface area contributed by atoms with Crippen molar-refractivity contribution in [2.24, 2.45) is 23.3 Å². The Balaban J connectivity index is 3.66. The zero-order valence-corrected chi connectivity index (χ0v) is 7.34. The van der Waals surface area contributed by atoms with Crippen molar-refractivity contribution in [3.63, 3.8) is 0 Å². The first-order chi connectivity index (χ1) is 5.06. The van der Waals surface area contributed by atoms with E-state index in [4.69, 9.17) is 11.5 Å². The molecule has 66 valence electrons. The summed E-state index contributed by atoms with van der Waals surface area (Å²) < 4.78 is 0. The minimum Gasteiger partial charge on any atom is -0.370 e. The first-order valence-corrected chi connectivity index (χ1v) is 4.04. The third-order valence-corrected chi connectivity index (χ3v) is 1.63. The Morgan fingerprint density at radius 3 is 2.27 bits per heavy atom. The molecule has 0 radical (unpaired) electrons. The second-order valence-corrected chi connectivity index (χ2v) is 3.40. The predicted molar refractivity (Wildman–Crippen MR) is 45.8 cm³/mol. The Hall–Kier alpha value is -0.570. The zero-order chi connectivity index (χ0) is 8.85. The van der Waals surface area contributed by atoms with E-state index in [0.717, 1.165) is 6.42 Å². The number of nitrogens with two attached hydrogens (primary N) is 2. The van der Waals surface area contributed by atoms with E-state index in [1.807, 2.05) is 0 Å². The van der Waals surface area contributed by atoms with Crippen molar-refractivity contribution in [2.45, 2.75) is 26.7 Å². The fraction of sp³-hybridized carbons (Fsp3) is 0.875. The molecule has 4 N–H and O–H groups in total. The monoisotopic (exact) mass is 158 g/mol. The Morgan fingerprint density at radius 1 is 1.45 bits per heavy atom. The topological polar surface area (TPSA) is 69.1 Å². The van der Waals surface area contributed by atoms with Crippen LogP contribution in [-0.2, 0) is 4.79 Å². The number of carbonyl (C=O) groups is 1. The third kappa shape index (κ3) is 5.85. The van der Waals surface area contributed by atoms with E-state index >= 15 is 0 Å². The van der Waals surface area contributed by atoms with Crippen LogP contribution in [0.4, 0.5) is 0 Å². The predicted octanol–water partition coefficient (Wildman–Crippen LogP) is 0.483. The zero-order valence-electron chi connectivity index (χ0n) is 7.34. The second kappa shape index (κ2) is 5.13. The van der Waals surface area contributed by atoms with E-state index in [-0.39, 0.29) is 11.8 Å². The summed E-state index contributed by atoms with van der Waals surface area (Å²) >= 11 is 0. The van der Waals surface area contributed by atoms with Gasteiger partial charge in [-0.15, -0.1) is 0 Å². The number of rotatable bonds is 5. The van der Waals surface area contributed by atoms with Gasteiger partial charge in [0.1, 0.15) is 0 Å². The van der Waals surface area contributed by atoms with Gasteiger partial charge in [0, 0.05) is 6.42 Å². The minimum absolute atomic E-state index is 0.249. The summed E-state index contributed by atoms with van der Waals surface area (Å²) in [5.74, 6) is 0.608. The molecule has 0 aromatic rings. The van der Waals surface area contributed by atoms with Crippen LogP contribution in [0.1, 0.15) is 26.7 Å². The summed E-state index contributed by atoms with van der Waals surface area (Å²) in [7, 11) is 0. The smallest absolute Gasteiger partial charge is 0.217 e. The van der Waals surface area contributed by atoms with Crippen molar-refractivity contribution in [2.75, 3.05) is 6.54 Å². The molecule has 1 amide bonds. The largest absolute Gasteiger partial charge is 0.370 e. The van der Waals surface area contributed by atoms with Gasteiger partial charge in [0.05, 0.1) is 0 Å². The molecule has 11 heavy (non-hydrogen) atoms. The van der Waals surface area contributed by atoms with Crippen molar-refractivity contribution in [1.29, 1.82) is 0 Å². The Morgan fingerprint density at radius 2 is 2.00 bits per heavy atom. The highest BCUT2D eigenvalue weighted by Gasteiger charge is 2.11. The number of primary amides is 1. The minimum atomic E-state index is -0.249. The van der Waals surface area contributed by atoms with E-state index in [0.29, 0.717) is 18.9 Å². The van der Waals surface area contributed by atoms with Crippen LogP contribution >= 0.6 is 0 Å². The van der Waals surface area contributed by atoms with Gasteiger partial charge in [-0.25, -0.2) is 0 Å². The van der Waals surface area contributed by atoms with Crippen LogP contribution in [0, 0.1) is 11.8 Å². The number of amides is 1. The van der Waals surface area contributed by atoms with Crippen LogP contribution in [0.5, 0.6) is 0 Å². The molecule has 0 saturated carbocycles. The summed E-state index contributed by atoms with van der Waals surface area (Å²) in [6.45, 7) is 4.79. The van der Waals surface area contributed by atoms with E-state index in [1.54, 1.807) is 0 Å². The fourth-order valence-electron chi connectivity index (χ4n) is 1.21. The molecule has 0 rings (SSSR count). The van der Waals surface area contributed by atoms with Crippen LogP contribution in [0.25, 0.3) is 0 Å². The van der Waals surface area contributed by atoms with Crippen molar-refractivity contribution in [3.8, 4) is 0 Å². The normalized spacial score (nSPS) is 13.5. The molecular weight excluding hydrogens is 140 g/mol. The molecule has 0 aromatic carbocycles. The molecule has 0 aromatic heterocycles. The average molecular weight is 158 g/mol. The third-order valence-electron chi connectivity index (χ3n) is 1.63. The maximum atomic E-state index is 10.5. The molecular formula is C8H18N2O. The molecule has 0 bridgehead atoms. The fourth-order valence-corrected chi connectivity index (χ4v) is 1.21. The van der Waals surface area contributed by atoms with Crippen molar-refractivity contribution in [1.82, 2.24) is 0 Å². The van der Waals surface area contributed by atoms with Gasteiger partial charge in [-0.05, 0) is 24.8 Å². The molecule has 3 nitrogen and oxygen atoms in total. The lowest BCUT2D eigenvalue weighted by Gasteiger charge is -2.14. The summed E-state index contributed by atoms with van der Waals surface area (Å²) in [6.07, 6.45) is 1.41. The summed E-state index contributed by atoms with van der Waals surface area (Å²) in [5.41, 5.74) is 10.5. The van der Waals surface area contributed by atoms with Gasteiger partial charge in [-0.2, -0.15) is 0 Å². The van der Waals surface area contributed by atoms with E-state index in [2.05, 4.69) is 13.8 Å². The summed E-state index contributed by atoms with van der Waals surface area (Å²) in [4.78, 5) is 10.5. The van der Waals surface area contributed by atoms with Crippen LogP contribution in [0.3, 0.4) is 0 Å². The molecule has 0 aliphatic rings. The molecule has 3 heteroatoms. The Labute approximate surface area is 68.1 Å². The lowest BCUT2D eigenvalue weighted by Crippen LogP contribution is -2.23. The maximum absolute atomic E-state index is 10.5. The van der Waals surface area contributed by atoms with Gasteiger partial charge in [0.2, 0.25) is 5.91 Å². The van der Waals surface area contributed by atoms with Crippen LogP contribution in [-0.4, -0.2) is 12.5 Å². The highest BCUT2D eigenvalue weighted by molar-refractivity contribution is 5.73. The van der Waals surface area contributed by atoms with Gasteiger partial charge < -0.3 is 11.5 Å². The average Bonchev–Trinajstić information content (AvgIpc) is 1.84. The maximum Gasteiger partial charge on any atom is 0.217 e. The van der Waals surface area contributed by atoms with Gasteiger partial charge in [-0.3, -0.25) is 4.79 Å². The van der Waals surface area contributed by atoms with Crippen LogP contribution in [0.15, 0.2) is 0 Å². The number of carbonyl (C=O) groups excluding carboxylic acids is 1. The first kappa shape index (κ1) is 10.4. The Bertz CT molecular complexity index is 123. The highest BCUT2D eigenvalue weighted by Crippen LogP contribution is 2.13. The molecule has 0 aliphatic carbocycles. The van der Waals surface area contributed by atoms with Crippen LogP contribution in [0.2, 0.25) is 0 Å². The quantitative estimate of drug-likeness (QED) is 0.611. The number of hydrogen-bond donors (Lipinski definition) is 2. The van der Waals surface area contributed by atoms with E-state index in [9.17, 15) is 4.79 Å². The molecule has 0 unspecified atom stereocenters. The molecule has 1 atom stereocenters. The van der Waals surface area contributed by atoms with Crippen molar-refractivity contribution >= 4 is 5.91 Å². The van der Waals surface area contributed by atoms with Gasteiger partial charge in [0.15, 0.2) is 0 Å². The molecule has 0 aliphatic heterocycles.